The van der Waals surface area contributed by atoms with Crippen molar-refractivity contribution in [1.29, 1.82) is 0 Å². The highest BCUT2D eigenvalue weighted by Crippen LogP contribution is 2.38. The lowest BCUT2D eigenvalue weighted by Crippen LogP contribution is -2.41. The van der Waals surface area contributed by atoms with E-state index in [9.17, 15) is 9.59 Å². The van der Waals surface area contributed by atoms with Gasteiger partial charge in [0.25, 0.3) is 11.8 Å². The first-order chi connectivity index (χ1) is 14.3. The van der Waals surface area contributed by atoms with E-state index in [1.807, 2.05) is 0 Å². The summed E-state index contributed by atoms with van der Waals surface area (Å²) in [7, 11) is 0. The molecular weight excluding hydrogens is 421 g/mol. The SMILES string of the molecule is CC1CC(C)CN(C2=C(c3ccc(Cl)cc3Cl)C(=O)N(Cc3ccncc3)C2=O)C1. The molecule has 5 nitrogen and oxygen atoms in total. The standard InChI is InChI=1S/C23H23Cl2N3O2/c1-14-9-15(2)12-27(11-14)21-20(18-4-3-17(24)10-19(18)25)22(29)28(23(21)30)13-16-5-7-26-8-6-16/h3-8,10,14-15H,9,11-13H2,1-2H3. The molecule has 0 N–H and O–H groups in total. The van der Waals surface area contributed by atoms with Crippen LogP contribution in [-0.4, -0.2) is 39.7 Å². The Morgan fingerprint density at radius 3 is 2.30 bits per heavy atom. The minimum absolute atomic E-state index is 0.192. The third-order valence-electron chi connectivity index (χ3n) is 5.62. The molecule has 156 valence electrons. The maximum Gasteiger partial charge on any atom is 0.278 e. The van der Waals surface area contributed by atoms with Crippen molar-refractivity contribution in [1.82, 2.24) is 14.8 Å². The van der Waals surface area contributed by atoms with Crippen molar-refractivity contribution in [2.45, 2.75) is 26.8 Å². The number of pyridine rings is 1. The monoisotopic (exact) mass is 443 g/mol. The average Bonchev–Trinajstić information content (AvgIpc) is 2.93. The highest BCUT2D eigenvalue weighted by atomic mass is 35.5. The van der Waals surface area contributed by atoms with Crippen molar-refractivity contribution >= 4 is 40.6 Å². The van der Waals surface area contributed by atoms with Gasteiger partial charge in [-0.25, -0.2) is 0 Å². The van der Waals surface area contributed by atoms with Crippen LogP contribution in [0.5, 0.6) is 0 Å². The third kappa shape index (κ3) is 3.96. The van der Waals surface area contributed by atoms with E-state index in [1.165, 1.54) is 4.90 Å². The highest BCUT2D eigenvalue weighted by molar-refractivity contribution is 6.41. The van der Waals surface area contributed by atoms with Crippen molar-refractivity contribution in [2.75, 3.05) is 13.1 Å². The number of benzene rings is 1. The number of nitrogens with zero attached hydrogens (tertiary/aromatic N) is 3. The van der Waals surface area contributed by atoms with Crippen LogP contribution < -0.4 is 0 Å². The van der Waals surface area contributed by atoms with Crippen LogP contribution in [0, 0.1) is 11.8 Å². The predicted octanol–water partition coefficient (Wildman–Crippen LogP) is 4.65. The maximum absolute atomic E-state index is 13.5. The number of piperidine rings is 1. The van der Waals surface area contributed by atoms with Crippen LogP contribution >= 0.6 is 23.2 Å². The fourth-order valence-corrected chi connectivity index (χ4v) is 4.95. The number of carbonyl (C=O) groups excluding carboxylic acids is 2. The highest BCUT2D eigenvalue weighted by Gasteiger charge is 2.43. The molecule has 0 saturated carbocycles. The van der Waals surface area contributed by atoms with Gasteiger partial charge in [0.05, 0.1) is 17.1 Å². The van der Waals surface area contributed by atoms with Crippen molar-refractivity contribution in [3.05, 3.63) is 69.6 Å². The number of hydrogen-bond donors (Lipinski definition) is 0. The number of hydrogen-bond acceptors (Lipinski definition) is 4. The Balaban J connectivity index is 1.79. The zero-order valence-corrected chi connectivity index (χ0v) is 18.5. The first-order valence-electron chi connectivity index (χ1n) is 10.0. The number of carbonyl (C=O) groups is 2. The van der Waals surface area contributed by atoms with E-state index >= 15 is 0 Å². The fourth-order valence-electron chi connectivity index (χ4n) is 4.45. The van der Waals surface area contributed by atoms with Gasteiger partial charge >= 0.3 is 0 Å². The first-order valence-corrected chi connectivity index (χ1v) is 10.8. The molecule has 2 amide bonds. The summed E-state index contributed by atoms with van der Waals surface area (Å²) in [5, 5.41) is 0.844. The number of likely N-dealkylation sites (tertiary alicyclic amines) is 1. The Kier molecular flexibility index (Phi) is 5.85. The van der Waals surface area contributed by atoms with Crippen molar-refractivity contribution in [3.8, 4) is 0 Å². The number of aromatic nitrogens is 1. The maximum atomic E-state index is 13.5. The molecule has 0 spiro atoms. The molecule has 2 atom stereocenters. The summed E-state index contributed by atoms with van der Waals surface area (Å²) < 4.78 is 0. The van der Waals surface area contributed by atoms with Gasteiger partial charge in [0, 0.05) is 36.1 Å². The average molecular weight is 444 g/mol. The molecule has 3 heterocycles. The molecule has 1 aromatic carbocycles. The van der Waals surface area contributed by atoms with Crippen LogP contribution in [0.1, 0.15) is 31.4 Å². The second-order valence-corrected chi connectivity index (χ2v) is 9.09. The summed E-state index contributed by atoms with van der Waals surface area (Å²) in [6.07, 6.45) is 4.41. The third-order valence-corrected chi connectivity index (χ3v) is 6.17. The molecule has 1 saturated heterocycles. The molecule has 0 aliphatic carbocycles. The van der Waals surface area contributed by atoms with Gasteiger partial charge in [-0.15, -0.1) is 0 Å². The molecular formula is C23H23Cl2N3O2. The molecule has 1 fully saturated rings. The van der Waals surface area contributed by atoms with Gasteiger partial charge < -0.3 is 4.90 Å². The Labute approximate surface area is 186 Å². The molecule has 2 aliphatic rings. The van der Waals surface area contributed by atoms with Gasteiger partial charge in [0.2, 0.25) is 0 Å². The normalized spacial score (nSPS) is 22.3. The van der Waals surface area contributed by atoms with Crippen molar-refractivity contribution in [2.24, 2.45) is 11.8 Å². The van der Waals surface area contributed by atoms with Gasteiger partial charge in [0.15, 0.2) is 0 Å². The van der Waals surface area contributed by atoms with Crippen LogP contribution in [0.3, 0.4) is 0 Å². The molecule has 0 radical (unpaired) electrons. The molecule has 30 heavy (non-hydrogen) atoms. The minimum atomic E-state index is -0.332. The second kappa shape index (κ2) is 8.40. The lowest BCUT2D eigenvalue weighted by atomic mass is 9.91. The zero-order chi connectivity index (χ0) is 21.4. The van der Waals surface area contributed by atoms with E-state index in [4.69, 9.17) is 23.2 Å². The Hall–Kier alpha value is -2.37. The van der Waals surface area contributed by atoms with E-state index in [2.05, 4.69) is 23.7 Å². The van der Waals surface area contributed by atoms with Gasteiger partial charge in [-0.05, 0) is 48.1 Å². The Bertz CT molecular complexity index is 1010. The number of imide groups is 1. The van der Waals surface area contributed by atoms with Gasteiger partial charge in [0.1, 0.15) is 5.70 Å². The topological polar surface area (TPSA) is 53.5 Å². The summed E-state index contributed by atoms with van der Waals surface area (Å²) in [5.74, 6) is 0.252. The number of rotatable bonds is 4. The molecule has 7 heteroatoms. The smallest absolute Gasteiger partial charge is 0.278 e. The van der Waals surface area contributed by atoms with E-state index in [1.54, 1.807) is 42.7 Å². The second-order valence-electron chi connectivity index (χ2n) is 8.25. The minimum Gasteiger partial charge on any atom is -0.366 e. The lowest BCUT2D eigenvalue weighted by molar-refractivity contribution is -0.138. The van der Waals surface area contributed by atoms with Crippen molar-refractivity contribution in [3.63, 3.8) is 0 Å². The molecule has 0 bridgehead atoms. The van der Waals surface area contributed by atoms with Crippen LogP contribution in [0.2, 0.25) is 10.0 Å². The Morgan fingerprint density at radius 1 is 1.00 bits per heavy atom. The van der Waals surface area contributed by atoms with Crippen molar-refractivity contribution < 1.29 is 9.59 Å². The van der Waals surface area contributed by atoms with Gasteiger partial charge in [-0.1, -0.05) is 43.1 Å². The largest absolute Gasteiger partial charge is 0.366 e. The summed E-state index contributed by atoms with van der Waals surface area (Å²) >= 11 is 12.5. The van der Waals surface area contributed by atoms with E-state index < -0.39 is 0 Å². The van der Waals surface area contributed by atoms with Gasteiger partial charge in [-0.3, -0.25) is 19.5 Å². The quantitative estimate of drug-likeness (QED) is 0.645. The molecule has 2 aliphatic heterocycles. The lowest BCUT2D eigenvalue weighted by Gasteiger charge is -2.37. The molecule has 4 rings (SSSR count). The summed E-state index contributed by atoms with van der Waals surface area (Å²) in [5.41, 5.74) is 2.18. The van der Waals surface area contributed by atoms with E-state index in [0.717, 1.165) is 25.1 Å². The van der Waals surface area contributed by atoms with Crippen LogP contribution in [-0.2, 0) is 16.1 Å². The van der Waals surface area contributed by atoms with Crippen LogP contribution in [0.15, 0.2) is 48.4 Å². The van der Waals surface area contributed by atoms with E-state index in [-0.39, 0.29) is 18.4 Å². The molecule has 1 aromatic heterocycles. The van der Waals surface area contributed by atoms with E-state index in [0.29, 0.717) is 38.7 Å². The fraction of sp³-hybridized carbons (Fsp3) is 0.348. The summed E-state index contributed by atoms with van der Waals surface area (Å²) in [6.45, 7) is 6.01. The van der Waals surface area contributed by atoms with Crippen LogP contribution in [0.4, 0.5) is 0 Å². The van der Waals surface area contributed by atoms with Gasteiger partial charge in [-0.2, -0.15) is 0 Å². The number of amides is 2. The first kappa shape index (κ1) is 20.9. The van der Waals surface area contributed by atoms with Crippen LogP contribution in [0.25, 0.3) is 5.57 Å². The Morgan fingerprint density at radius 2 is 1.67 bits per heavy atom. The molecule has 2 aromatic rings. The number of halogens is 2. The summed E-state index contributed by atoms with van der Waals surface area (Å²) in [4.78, 5) is 34.4. The molecule has 2 unspecified atom stereocenters. The zero-order valence-electron chi connectivity index (χ0n) is 16.9. The predicted molar refractivity (Wildman–Crippen MR) is 118 cm³/mol. The summed E-state index contributed by atoms with van der Waals surface area (Å²) in [6, 6.07) is 8.63.